The van der Waals surface area contributed by atoms with Crippen LogP contribution in [0.1, 0.15) is 27.9 Å². The van der Waals surface area contributed by atoms with Crippen LogP contribution in [0.15, 0.2) is 78.9 Å². The van der Waals surface area contributed by atoms with Crippen LogP contribution in [-0.2, 0) is 10.4 Å². The van der Waals surface area contributed by atoms with Gasteiger partial charge in [-0.15, -0.1) is 0 Å². The predicted octanol–water partition coefficient (Wildman–Crippen LogP) is 4.22. The number of aliphatic hydroxyl groups is 1. The van der Waals surface area contributed by atoms with Gasteiger partial charge in [-0.1, -0.05) is 60.7 Å². The molecule has 0 bridgehead atoms. The quantitative estimate of drug-likeness (QED) is 0.528. The fraction of sp³-hybridized carbons (Fsp3) is 0.185. The van der Waals surface area contributed by atoms with E-state index in [1.54, 1.807) is 42.5 Å². The maximum Gasteiger partial charge on any atom is 0.264 e. The van der Waals surface area contributed by atoms with Crippen molar-refractivity contribution in [2.75, 3.05) is 25.7 Å². The van der Waals surface area contributed by atoms with Gasteiger partial charge in [0.25, 0.3) is 5.91 Å². The Morgan fingerprint density at radius 2 is 1.73 bits per heavy atom. The van der Waals surface area contributed by atoms with E-state index >= 15 is 0 Å². The SMILES string of the molecule is COc1ccc(OC)c(C(=O)CC2(O)C(=O)N(C/C=C/c3ccccc3)c3ccccc32)c1. The molecule has 1 unspecified atom stereocenters. The molecule has 0 saturated heterocycles. The molecule has 1 atom stereocenters. The van der Waals surface area contributed by atoms with E-state index in [9.17, 15) is 14.7 Å². The van der Waals surface area contributed by atoms with Crippen LogP contribution in [0.2, 0.25) is 0 Å². The second-order valence-corrected chi connectivity index (χ2v) is 7.77. The van der Waals surface area contributed by atoms with Gasteiger partial charge in [0.2, 0.25) is 0 Å². The van der Waals surface area contributed by atoms with E-state index in [2.05, 4.69) is 0 Å². The van der Waals surface area contributed by atoms with Crippen molar-refractivity contribution in [3.8, 4) is 11.5 Å². The van der Waals surface area contributed by atoms with Crippen LogP contribution in [0.3, 0.4) is 0 Å². The molecular formula is C27H25NO5. The first-order valence-electron chi connectivity index (χ1n) is 10.6. The van der Waals surface area contributed by atoms with Crippen LogP contribution in [0.25, 0.3) is 6.08 Å². The van der Waals surface area contributed by atoms with Crippen molar-refractivity contribution in [2.24, 2.45) is 0 Å². The Hall–Kier alpha value is -3.90. The summed E-state index contributed by atoms with van der Waals surface area (Å²) < 4.78 is 10.5. The molecule has 0 aromatic heterocycles. The molecule has 168 valence electrons. The third-order valence-corrected chi connectivity index (χ3v) is 5.76. The lowest BCUT2D eigenvalue weighted by molar-refractivity contribution is -0.135. The van der Waals surface area contributed by atoms with E-state index in [1.807, 2.05) is 42.5 Å². The minimum atomic E-state index is -1.97. The molecule has 3 aromatic rings. The first-order chi connectivity index (χ1) is 16.0. The molecule has 0 fully saturated rings. The van der Waals surface area contributed by atoms with E-state index in [4.69, 9.17) is 9.47 Å². The molecular weight excluding hydrogens is 418 g/mol. The molecule has 6 nitrogen and oxygen atoms in total. The van der Waals surface area contributed by atoms with Gasteiger partial charge in [0, 0.05) is 12.1 Å². The Labute approximate surface area is 192 Å². The molecule has 1 heterocycles. The minimum absolute atomic E-state index is 0.248. The molecule has 3 aromatic carbocycles. The summed E-state index contributed by atoms with van der Waals surface area (Å²) in [5, 5.41) is 11.5. The number of ether oxygens (including phenoxy) is 2. The van der Waals surface area contributed by atoms with Crippen LogP contribution in [0.5, 0.6) is 11.5 Å². The Morgan fingerprint density at radius 1 is 1.00 bits per heavy atom. The Morgan fingerprint density at radius 3 is 2.45 bits per heavy atom. The van der Waals surface area contributed by atoms with Gasteiger partial charge in [0.05, 0.1) is 31.9 Å². The van der Waals surface area contributed by atoms with Crippen LogP contribution in [0, 0.1) is 0 Å². The molecule has 0 saturated carbocycles. The number of Topliss-reactive ketones (excluding diaryl/α,β-unsaturated/α-hetero) is 1. The van der Waals surface area contributed by atoms with Crippen molar-refractivity contribution in [2.45, 2.75) is 12.0 Å². The van der Waals surface area contributed by atoms with Crippen LogP contribution in [0.4, 0.5) is 5.69 Å². The number of ketones is 1. The molecule has 1 aliphatic heterocycles. The summed E-state index contributed by atoms with van der Waals surface area (Å²) in [7, 11) is 2.96. The molecule has 6 heteroatoms. The molecule has 1 N–H and O–H groups in total. The Kier molecular flexibility index (Phi) is 6.29. The third-order valence-electron chi connectivity index (χ3n) is 5.76. The number of hydrogen-bond donors (Lipinski definition) is 1. The van der Waals surface area contributed by atoms with Gasteiger partial charge in [-0.25, -0.2) is 0 Å². The number of methoxy groups -OCH3 is 2. The van der Waals surface area contributed by atoms with Gasteiger partial charge in [0.1, 0.15) is 11.5 Å². The first-order valence-corrected chi connectivity index (χ1v) is 10.6. The second kappa shape index (κ2) is 9.30. The van der Waals surface area contributed by atoms with Gasteiger partial charge < -0.3 is 19.5 Å². The number of carbonyl (C=O) groups is 2. The van der Waals surface area contributed by atoms with Gasteiger partial charge in [0.15, 0.2) is 11.4 Å². The number of carbonyl (C=O) groups excluding carboxylic acids is 2. The number of nitrogens with zero attached hydrogens (tertiary/aromatic N) is 1. The Bertz CT molecular complexity index is 1200. The largest absolute Gasteiger partial charge is 0.497 e. The number of rotatable bonds is 8. The summed E-state index contributed by atoms with van der Waals surface area (Å²) in [6, 6.07) is 21.6. The van der Waals surface area contributed by atoms with Crippen molar-refractivity contribution >= 4 is 23.5 Å². The zero-order chi connectivity index (χ0) is 23.4. The molecule has 1 amide bonds. The Balaban J connectivity index is 1.63. The van der Waals surface area contributed by atoms with E-state index in [1.165, 1.54) is 19.1 Å². The van der Waals surface area contributed by atoms with E-state index in [0.29, 0.717) is 22.7 Å². The lowest BCUT2D eigenvalue weighted by Crippen LogP contribution is -2.42. The molecule has 4 rings (SSSR count). The lowest BCUT2D eigenvalue weighted by Gasteiger charge is -2.22. The van der Waals surface area contributed by atoms with E-state index in [0.717, 1.165) is 5.56 Å². The van der Waals surface area contributed by atoms with Crippen molar-refractivity contribution in [3.63, 3.8) is 0 Å². The second-order valence-electron chi connectivity index (χ2n) is 7.77. The zero-order valence-corrected chi connectivity index (χ0v) is 18.5. The maximum absolute atomic E-state index is 13.4. The summed E-state index contributed by atoms with van der Waals surface area (Å²) in [4.78, 5) is 28.1. The first kappa shape index (κ1) is 22.3. The number of benzene rings is 3. The van der Waals surface area contributed by atoms with Crippen molar-refractivity contribution < 1.29 is 24.2 Å². The standard InChI is InChI=1S/C27H25NO5/c1-32-20-14-15-25(33-2)21(17-20)24(29)18-27(31)22-12-6-7-13-23(22)28(26(27)30)16-8-11-19-9-4-3-5-10-19/h3-15,17,31H,16,18H2,1-2H3/b11-8+. The number of fused-ring (bicyclic) bond motifs is 1. The van der Waals surface area contributed by atoms with Crippen molar-refractivity contribution in [1.29, 1.82) is 0 Å². The predicted molar refractivity (Wildman–Crippen MR) is 127 cm³/mol. The average molecular weight is 443 g/mol. The van der Waals surface area contributed by atoms with Crippen LogP contribution in [-0.4, -0.2) is 37.6 Å². The minimum Gasteiger partial charge on any atom is -0.497 e. The normalized spacial score (nSPS) is 17.3. The highest BCUT2D eigenvalue weighted by Gasteiger charge is 2.50. The van der Waals surface area contributed by atoms with E-state index in [-0.39, 0.29) is 12.1 Å². The molecule has 1 aliphatic rings. The summed E-state index contributed by atoms with van der Waals surface area (Å²) in [5.41, 5.74) is 0.292. The summed E-state index contributed by atoms with van der Waals surface area (Å²) in [6.45, 7) is 0.268. The number of para-hydroxylation sites is 1. The third kappa shape index (κ3) is 4.25. The summed E-state index contributed by atoms with van der Waals surface area (Å²) in [6.07, 6.45) is 3.37. The topological polar surface area (TPSA) is 76.1 Å². The highest BCUT2D eigenvalue weighted by molar-refractivity contribution is 6.11. The fourth-order valence-corrected chi connectivity index (χ4v) is 4.08. The van der Waals surface area contributed by atoms with Gasteiger partial charge >= 0.3 is 0 Å². The molecule has 0 aliphatic carbocycles. The van der Waals surface area contributed by atoms with Gasteiger partial charge in [-0.05, 0) is 29.8 Å². The lowest BCUT2D eigenvalue weighted by atomic mass is 9.88. The van der Waals surface area contributed by atoms with Crippen molar-refractivity contribution in [1.82, 2.24) is 0 Å². The highest BCUT2D eigenvalue weighted by atomic mass is 16.5. The number of amides is 1. The van der Waals surface area contributed by atoms with Crippen molar-refractivity contribution in [3.05, 3.63) is 95.6 Å². The smallest absolute Gasteiger partial charge is 0.264 e. The zero-order valence-electron chi connectivity index (χ0n) is 18.5. The van der Waals surface area contributed by atoms with E-state index < -0.39 is 23.7 Å². The molecule has 0 spiro atoms. The average Bonchev–Trinajstić information content (AvgIpc) is 3.06. The monoisotopic (exact) mass is 443 g/mol. The highest BCUT2D eigenvalue weighted by Crippen LogP contribution is 2.43. The van der Waals surface area contributed by atoms with Crippen LogP contribution < -0.4 is 14.4 Å². The summed E-state index contributed by atoms with van der Waals surface area (Å²) in [5.74, 6) is -0.113. The van der Waals surface area contributed by atoms with Gasteiger partial charge in [-0.3, -0.25) is 9.59 Å². The number of hydrogen-bond acceptors (Lipinski definition) is 5. The maximum atomic E-state index is 13.4. The van der Waals surface area contributed by atoms with Crippen LogP contribution >= 0.6 is 0 Å². The van der Waals surface area contributed by atoms with Gasteiger partial charge in [-0.2, -0.15) is 0 Å². The number of anilines is 1. The molecule has 0 radical (unpaired) electrons. The summed E-state index contributed by atoms with van der Waals surface area (Å²) >= 11 is 0. The molecule has 33 heavy (non-hydrogen) atoms. The fourth-order valence-electron chi connectivity index (χ4n) is 4.08.